The van der Waals surface area contributed by atoms with Crippen LogP contribution in [-0.2, 0) is 0 Å². The molecule has 2 N–H and O–H groups in total. The van der Waals surface area contributed by atoms with Crippen molar-refractivity contribution in [3.05, 3.63) is 29.3 Å². The lowest BCUT2D eigenvalue weighted by Gasteiger charge is -2.30. The fraction of sp³-hybridized carbons (Fsp3) is 0.562. The van der Waals surface area contributed by atoms with E-state index in [1.54, 1.807) is 0 Å². The first-order valence-electron chi connectivity index (χ1n) is 7.12. The van der Waals surface area contributed by atoms with Gasteiger partial charge in [0, 0.05) is 18.6 Å². The van der Waals surface area contributed by atoms with Crippen molar-refractivity contribution in [2.45, 2.75) is 46.7 Å². The maximum absolute atomic E-state index is 5.90. The Balaban J connectivity index is 2.70. The maximum atomic E-state index is 5.90. The van der Waals surface area contributed by atoms with E-state index < -0.39 is 0 Å². The normalized spacial score (nSPS) is 11.4. The minimum absolute atomic E-state index is 0.379. The van der Waals surface area contributed by atoms with E-state index in [-0.39, 0.29) is 0 Å². The molecule has 0 aliphatic heterocycles. The van der Waals surface area contributed by atoms with Crippen LogP contribution in [0.15, 0.2) is 18.2 Å². The summed E-state index contributed by atoms with van der Waals surface area (Å²) in [6.45, 7) is 12.4. The van der Waals surface area contributed by atoms with Crippen LogP contribution in [0, 0.1) is 6.92 Å². The minimum atomic E-state index is 0.379. The van der Waals surface area contributed by atoms with E-state index in [0.717, 1.165) is 23.4 Å². The lowest BCUT2D eigenvalue weighted by atomic mass is 10.1. The summed E-state index contributed by atoms with van der Waals surface area (Å²) in [6.07, 6.45) is 0. The zero-order valence-electron chi connectivity index (χ0n) is 13.1. The molecule has 0 amide bonds. The Morgan fingerprint density at radius 1 is 1.25 bits per heavy atom. The first-order valence-corrected chi connectivity index (χ1v) is 7.52. The number of thiocarbonyl (C=S) groups is 1. The van der Waals surface area contributed by atoms with E-state index in [1.807, 2.05) is 25.1 Å². The third-order valence-electron chi connectivity index (χ3n) is 3.34. The highest BCUT2D eigenvalue weighted by Crippen LogP contribution is 2.20. The Kier molecular flexibility index (Phi) is 6.43. The third-order valence-corrected chi connectivity index (χ3v) is 3.56. The number of benzene rings is 1. The number of hydrogen-bond donors (Lipinski definition) is 1. The molecule has 1 aromatic rings. The average Bonchev–Trinajstić information content (AvgIpc) is 2.33. The van der Waals surface area contributed by atoms with Crippen molar-refractivity contribution in [3.63, 3.8) is 0 Å². The van der Waals surface area contributed by atoms with Gasteiger partial charge in [-0.2, -0.15) is 0 Å². The van der Waals surface area contributed by atoms with Gasteiger partial charge in [-0.15, -0.1) is 0 Å². The molecule has 0 radical (unpaired) electrons. The van der Waals surface area contributed by atoms with Crippen LogP contribution in [0.4, 0.5) is 0 Å². The average molecular weight is 294 g/mol. The summed E-state index contributed by atoms with van der Waals surface area (Å²) >= 11 is 5.07. The molecule has 4 heteroatoms. The summed E-state index contributed by atoms with van der Waals surface area (Å²) in [4.78, 5) is 2.78. The number of nitrogens with zero attached hydrogens (tertiary/aromatic N) is 1. The summed E-state index contributed by atoms with van der Waals surface area (Å²) in [6, 6.07) is 6.92. The van der Waals surface area contributed by atoms with E-state index in [1.165, 1.54) is 0 Å². The molecule has 0 saturated heterocycles. The molecule has 3 nitrogen and oxygen atoms in total. The fourth-order valence-corrected chi connectivity index (χ4v) is 2.49. The van der Waals surface area contributed by atoms with Gasteiger partial charge in [0.05, 0.1) is 5.56 Å². The van der Waals surface area contributed by atoms with Crippen LogP contribution in [0.25, 0.3) is 0 Å². The van der Waals surface area contributed by atoms with Crippen molar-refractivity contribution < 1.29 is 4.74 Å². The molecule has 0 bridgehead atoms. The highest BCUT2D eigenvalue weighted by Gasteiger charge is 2.13. The summed E-state index contributed by atoms with van der Waals surface area (Å²) in [5.74, 6) is 0.782. The number of rotatable bonds is 7. The molecule has 0 aliphatic rings. The van der Waals surface area contributed by atoms with E-state index >= 15 is 0 Å². The third kappa shape index (κ3) is 4.76. The second-order valence-corrected chi connectivity index (χ2v) is 6.08. The lowest BCUT2D eigenvalue weighted by molar-refractivity contribution is 0.142. The Labute approximate surface area is 128 Å². The molecule has 1 rings (SSSR count). The van der Waals surface area contributed by atoms with Gasteiger partial charge in [0.15, 0.2) is 0 Å². The molecule has 112 valence electrons. The molecule has 0 aromatic heterocycles. The van der Waals surface area contributed by atoms with Crippen LogP contribution in [-0.4, -0.2) is 35.1 Å². The molecule has 0 fully saturated rings. The van der Waals surface area contributed by atoms with Gasteiger partial charge in [-0.3, -0.25) is 4.90 Å². The smallest absolute Gasteiger partial charge is 0.129 e. The Morgan fingerprint density at radius 3 is 2.35 bits per heavy atom. The Hall–Kier alpha value is -1.13. The second-order valence-electron chi connectivity index (χ2n) is 5.64. The van der Waals surface area contributed by atoms with Gasteiger partial charge in [-0.05, 0) is 52.3 Å². The lowest BCUT2D eigenvalue weighted by Crippen LogP contribution is -2.39. The van der Waals surface area contributed by atoms with Crippen LogP contribution >= 0.6 is 12.2 Å². The van der Waals surface area contributed by atoms with E-state index in [9.17, 15) is 0 Å². The molecule has 20 heavy (non-hydrogen) atoms. The highest BCUT2D eigenvalue weighted by atomic mass is 32.1. The zero-order chi connectivity index (χ0) is 15.3. The topological polar surface area (TPSA) is 38.5 Å². The van der Waals surface area contributed by atoms with Gasteiger partial charge < -0.3 is 10.5 Å². The molecule has 0 atom stereocenters. The van der Waals surface area contributed by atoms with Crippen molar-refractivity contribution in [2.75, 3.05) is 13.2 Å². The van der Waals surface area contributed by atoms with Crippen LogP contribution in [0.1, 0.15) is 38.8 Å². The predicted molar refractivity (Wildman–Crippen MR) is 89.5 cm³/mol. The standard InChI is InChI=1S/C16H26N2OS/c1-11(2)18(12(3)4)8-9-19-15-10-13(5)6-7-14(15)16(17)20/h6-7,10-12H,8-9H2,1-5H3,(H2,17,20). The molecule has 0 saturated carbocycles. The summed E-state index contributed by atoms with van der Waals surface area (Å²) in [5.41, 5.74) is 7.69. The van der Waals surface area contributed by atoms with Gasteiger partial charge in [0.1, 0.15) is 17.3 Å². The largest absolute Gasteiger partial charge is 0.492 e. The van der Waals surface area contributed by atoms with Crippen molar-refractivity contribution in [3.8, 4) is 5.75 Å². The Bertz CT molecular complexity index is 450. The fourth-order valence-electron chi connectivity index (χ4n) is 2.33. The number of hydrogen-bond acceptors (Lipinski definition) is 3. The molecule has 0 aliphatic carbocycles. The molecular weight excluding hydrogens is 268 g/mol. The van der Waals surface area contributed by atoms with E-state index in [2.05, 4.69) is 32.6 Å². The van der Waals surface area contributed by atoms with Gasteiger partial charge >= 0.3 is 0 Å². The summed E-state index contributed by atoms with van der Waals surface area (Å²) in [5, 5.41) is 0. The SMILES string of the molecule is Cc1ccc(C(N)=S)c(OCCN(C(C)C)C(C)C)c1. The monoisotopic (exact) mass is 294 g/mol. The Morgan fingerprint density at radius 2 is 1.85 bits per heavy atom. The van der Waals surface area contributed by atoms with Gasteiger partial charge in [0.25, 0.3) is 0 Å². The number of aryl methyl sites for hydroxylation is 1. The van der Waals surface area contributed by atoms with Gasteiger partial charge in [0.2, 0.25) is 0 Å². The molecule has 1 aromatic carbocycles. The van der Waals surface area contributed by atoms with Crippen molar-refractivity contribution in [1.29, 1.82) is 0 Å². The van der Waals surface area contributed by atoms with Crippen LogP contribution in [0.5, 0.6) is 5.75 Å². The van der Waals surface area contributed by atoms with Crippen molar-refractivity contribution in [1.82, 2.24) is 4.90 Å². The van der Waals surface area contributed by atoms with E-state index in [4.69, 9.17) is 22.7 Å². The first kappa shape index (κ1) is 16.9. The molecule has 0 unspecified atom stereocenters. The van der Waals surface area contributed by atoms with Crippen molar-refractivity contribution >= 4 is 17.2 Å². The summed E-state index contributed by atoms with van der Waals surface area (Å²) < 4.78 is 5.90. The predicted octanol–water partition coefficient (Wildman–Crippen LogP) is 3.13. The van der Waals surface area contributed by atoms with Gasteiger partial charge in [-0.1, -0.05) is 18.3 Å². The van der Waals surface area contributed by atoms with Crippen LogP contribution in [0.2, 0.25) is 0 Å². The minimum Gasteiger partial charge on any atom is -0.492 e. The maximum Gasteiger partial charge on any atom is 0.129 e. The van der Waals surface area contributed by atoms with Gasteiger partial charge in [-0.25, -0.2) is 0 Å². The first-order chi connectivity index (χ1) is 9.32. The quantitative estimate of drug-likeness (QED) is 0.784. The molecule has 0 spiro atoms. The van der Waals surface area contributed by atoms with E-state index in [0.29, 0.717) is 23.7 Å². The second kappa shape index (κ2) is 7.60. The highest BCUT2D eigenvalue weighted by molar-refractivity contribution is 7.80. The van der Waals surface area contributed by atoms with Crippen LogP contribution < -0.4 is 10.5 Å². The van der Waals surface area contributed by atoms with Crippen molar-refractivity contribution in [2.24, 2.45) is 5.73 Å². The number of nitrogens with two attached hydrogens (primary N) is 1. The zero-order valence-corrected chi connectivity index (χ0v) is 14.0. The molecular formula is C16H26N2OS. The molecule has 0 heterocycles. The summed E-state index contributed by atoms with van der Waals surface area (Å²) in [7, 11) is 0. The number of ether oxygens (including phenoxy) is 1. The van der Waals surface area contributed by atoms with Crippen LogP contribution in [0.3, 0.4) is 0 Å².